The SMILES string of the molecule is O=S(=O)(Nc1cc(Cl)c(Cl)cc1Cl)N1CCNCC1. The van der Waals surface area contributed by atoms with Crippen LogP contribution in [-0.4, -0.2) is 38.9 Å². The van der Waals surface area contributed by atoms with E-state index in [9.17, 15) is 8.42 Å². The Hall–Kier alpha value is -0.240. The first-order valence-corrected chi connectivity index (χ1v) is 8.11. The molecule has 106 valence electrons. The minimum atomic E-state index is -3.63. The molecule has 2 rings (SSSR count). The molecule has 1 heterocycles. The lowest BCUT2D eigenvalue weighted by Crippen LogP contribution is -2.48. The number of nitrogens with zero attached hydrogens (tertiary/aromatic N) is 1. The first kappa shape index (κ1) is 15.2. The van der Waals surface area contributed by atoms with Crippen molar-refractivity contribution in [3.05, 3.63) is 27.2 Å². The van der Waals surface area contributed by atoms with Crippen LogP contribution in [0, 0.1) is 0 Å². The molecule has 0 bridgehead atoms. The number of benzene rings is 1. The van der Waals surface area contributed by atoms with Crippen LogP contribution in [0.3, 0.4) is 0 Å². The number of nitrogens with one attached hydrogen (secondary N) is 2. The van der Waals surface area contributed by atoms with Gasteiger partial charge in [0, 0.05) is 26.2 Å². The second kappa shape index (κ2) is 6.03. The molecule has 0 aromatic heterocycles. The summed E-state index contributed by atoms with van der Waals surface area (Å²) in [5.41, 5.74) is 0.217. The number of halogens is 3. The van der Waals surface area contributed by atoms with Crippen LogP contribution in [-0.2, 0) is 10.2 Å². The molecule has 1 aliphatic rings. The quantitative estimate of drug-likeness (QED) is 0.827. The van der Waals surface area contributed by atoms with E-state index in [-0.39, 0.29) is 20.8 Å². The molecule has 0 aliphatic carbocycles. The van der Waals surface area contributed by atoms with Gasteiger partial charge in [0.15, 0.2) is 0 Å². The van der Waals surface area contributed by atoms with Crippen molar-refractivity contribution in [3.8, 4) is 0 Å². The number of piperazine rings is 1. The minimum absolute atomic E-state index is 0.202. The van der Waals surface area contributed by atoms with Crippen LogP contribution < -0.4 is 10.0 Å². The molecule has 1 saturated heterocycles. The summed E-state index contributed by atoms with van der Waals surface area (Å²) < 4.78 is 28.1. The average molecular weight is 345 g/mol. The van der Waals surface area contributed by atoms with Crippen LogP contribution in [0.15, 0.2) is 12.1 Å². The lowest BCUT2D eigenvalue weighted by Gasteiger charge is -2.27. The number of hydrogen-bond acceptors (Lipinski definition) is 3. The molecule has 5 nitrogen and oxygen atoms in total. The Labute approximate surface area is 127 Å². The second-order valence-electron chi connectivity index (χ2n) is 4.00. The van der Waals surface area contributed by atoms with E-state index in [2.05, 4.69) is 10.0 Å². The summed E-state index contributed by atoms with van der Waals surface area (Å²) in [6.45, 7) is 2.06. The number of rotatable bonds is 3. The van der Waals surface area contributed by atoms with Crippen molar-refractivity contribution in [3.63, 3.8) is 0 Å². The third kappa shape index (κ3) is 3.65. The second-order valence-corrected chi connectivity index (χ2v) is 6.89. The smallest absolute Gasteiger partial charge is 0.301 e. The summed E-state index contributed by atoms with van der Waals surface area (Å²) in [7, 11) is -3.63. The monoisotopic (exact) mass is 343 g/mol. The van der Waals surface area contributed by atoms with Gasteiger partial charge in [-0.25, -0.2) is 0 Å². The van der Waals surface area contributed by atoms with Crippen LogP contribution in [0.4, 0.5) is 5.69 Å². The van der Waals surface area contributed by atoms with Gasteiger partial charge in [-0.1, -0.05) is 34.8 Å². The highest BCUT2D eigenvalue weighted by atomic mass is 35.5. The molecule has 0 atom stereocenters. The third-order valence-electron chi connectivity index (χ3n) is 2.66. The molecule has 1 aromatic carbocycles. The molecule has 9 heteroatoms. The highest BCUT2D eigenvalue weighted by Gasteiger charge is 2.24. The van der Waals surface area contributed by atoms with Crippen LogP contribution in [0.5, 0.6) is 0 Å². The van der Waals surface area contributed by atoms with Crippen molar-refractivity contribution in [1.82, 2.24) is 9.62 Å². The molecule has 1 aliphatic heterocycles. The van der Waals surface area contributed by atoms with Gasteiger partial charge < -0.3 is 5.32 Å². The van der Waals surface area contributed by atoms with E-state index in [1.807, 2.05) is 0 Å². The van der Waals surface area contributed by atoms with Crippen LogP contribution in [0.1, 0.15) is 0 Å². The van der Waals surface area contributed by atoms with E-state index < -0.39 is 10.2 Å². The lowest BCUT2D eigenvalue weighted by molar-refractivity contribution is 0.362. The Morgan fingerprint density at radius 1 is 1.05 bits per heavy atom. The predicted octanol–water partition coefficient (Wildman–Crippen LogP) is 2.21. The summed E-state index contributed by atoms with van der Waals surface area (Å²) in [6, 6.07) is 2.80. The molecular formula is C10H12Cl3N3O2S. The van der Waals surface area contributed by atoms with E-state index >= 15 is 0 Å². The molecule has 0 unspecified atom stereocenters. The molecule has 0 spiro atoms. The Morgan fingerprint density at radius 3 is 2.26 bits per heavy atom. The molecular weight excluding hydrogens is 333 g/mol. The maximum atomic E-state index is 12.2. The average Bonchev–Trinajstić information content (AvgIpc) is 2.37. The standard InChI is InChI=1S/C10H12Cl3N3O2S/c11-7-5-9(13)10(6-8(7)12)15-19(17,18)16-3-1-14-2-4-16/h5-6,14-15H,1-4H2. The highest BCUT2D eigenvalue weighted by molar-refractivity contribution is 7.90. The third-order valence-corrected chi connectivity index (χ3v) is 5.22. The Kier molecular flexibility index (Phi) is 4.81. The lowest BCUT2D eigenvalue weighted by atomic mass is 10.3. The molecule has 0 saturated carbocycles. The Bertz CT molecular complexity index is 574. The van der Waals surface area contributed by atoms with E-state index in [0.29, 0.717) is 26.2 Å². The number of hydrogen-bond donors (Lipinski definition) is 2. The molecule has 1 aromatic rings. The van der Waals surface area contributed by atoms with Crippen LogP contribution >= 0.6 is 34.8 Å². The van der Waals surface area contributed by atoms with Gasteiger partial charge in [0.05, 0.1) is 20.8 Å². The molecule has 19 heavy (non-hydrogen) atoms. The predicted molar refractivity (Wildman–Crippen MR) is 78.5 cm³/mol. The first-order valence-electron chi connectivity index (χ1n) is 5.53. The summed E-state index contributed by atoms with van der Waals surface area (Å²) in [4.78, 5) is 0. The van der Waals surface area contributed by atoms with E-state index in [4.69, 9.17) is 34.8 Å². The summed E-state index contributed by atoms with van der Waals surface area (Å²) in [6.07, 6.45) is 0. The topological polar surface area (TPSA) is 61.4 Å². The van der Waals surface area contributed by atoms with Crippen LogP contribution in [0.25, 0.3) is 0 Å². The van der Waals surface area contributed by atoms with Crippen molar-refractivity contribution >= 4 is 50.7 Å². The van der Waals surface area contributed by atoms with Gasteiger partial charge in [0.25, 0.3) is 0 Å². The zero-order valence-corrected chi connectivity index (χ0v) is 12.9. The van der Waals surface area contributed by atoms with Gasteiger partial charge in [0.1, 0.15) is 0 Å². The van der Waals surface area contributed by atoms with E-state index in [1.165, 1.54) is 16.4 Å². The molecule has 1 fully saturated rings. The minimum Gasteiger partial charge on any atom is -0.314 e. The first-order chi connectivity index (χ1) is 8.90. The maximum Gasteiger partial charge on any atom is 0.301 e. The van der Waals surface area contributed by atoms with Gasteiger partial charge in [-0.3, -0.25) is 4.72 Å². The van der Waals surface area contributed by atoms with Crippen molar-refractivity contribution in [1.29, 1.82) is 0 Å². The fraction of sp³-hybridized carbons (Fsp3) is 0.400. The summed E-state index contributed by atoms with van der Waals surface area (Å²) in [5.74, 6) is 0. The number of anilines is 1. The van der Waals surface area contributed by atoms with Crippen molar-refractivity contribution in [2.45, 2.75) is 0 Å². The Morgan fingerprint density at radius 2 is 1.63 bits per heavy atom. The van der Waals surface area contributed by atoms with Gasteiger partial charge in [-0.05, 0) is 12.1 Å². The molecule has 2 N–H and O–H groups in total. The van der Waals surface area contributed by atoms with Gasteiger partial charge in [-0.2, -0.15) is 12.7 Å². The van der Waals surface area contributed by atoms with Gasteiger partial charge in [0.2, 0.25) is 0 Å². The van der Waals surface area contributed by atoms with E-state index in [0.717, 1.165) is 0 Å². The van der Waals surface area contributed by atoms with Crippen molar-refractivity contribution in [2.24, 2.45) is 0 Å². The largest absolute Gasteiger partial charge is 0.314 e. The summed E-state index contributed by atoms with van der Waals surface area (Å²) in [5, 5.41) is 3.80. The zero-order chi connectivity index (χ0) is 14.0. The maximum absolute atomic E-state index is 12.2. The summed E-state index contributed by atoms with van der Waals surface area (Å²) >= 11 is 17.6. The zero-order valence-electron chi connectivity index (χ0n) is 9.79. The normalized spacial score (nSPS) is 17.4. The molecule has 0 radical (unpaired) electrons. The fourth-order valence-electron chi connectivity index (χ4n) is 1.69. The van der Waals surface area contributed by atoms with Crippen molar-refractivity contribution in [2.75, 3.05) is 30.9 Å². The van der Waals surface area contributed by atoms with Gasteiger partial charge >= 0.3 is 10.2 Å². The van der Waals surface area contributed by atoms with Gasteiger partial charge in [-0.15, -0.1) is 0 Å². The molecule has 0 amide bonds. The Balaban J connectivity index is 2.22. The highest BCUT2D eigenvalue weighted by Crippen LogP contribution is 2.33. The van der Waals surface area contributed by atoms with Crippen LogP contribution in [0.2, 0.25) is 15.1 Å². The van der Waals surface area contributed by atoms with Crippen molar-refractivity contribution < 1.29 is 8.42 Å². The van der Waals surface area contributed by atoms with E-state index in [1.54, 1.807) is 0 Å². The fourth-order valence-corrected chi connectivity index (χ4v) is 3.58.